The summed E-state index contributed by atoms with van der Waals surface area (Å²) in [6.45, 7) is 3.37. The number of carbonyl (C=O) groups excluding carboxylic acids is 1. The number of likely N-dealkylation sites (N-methyl/N-ethyl adjacent to an activating group) is 1. The van der Waals surface area contributed by atoms with Crippen LogP contribution >= 0.6 is 0 Å². The molecule has 1 fully saturated rings. The van der Waals surface area contributed by atoms with Crippen LogP contribution in [-0.4, -0.2) is 54.1 Å². The minimum absolute atomic E-state index is 0.0491. The Morgan fingerprint density at radius 3 is 2.41 bits per heavy atom. The van der Waals surface area contributed by atoms with Gasteiger partial charge in [-0.2, -0.15) is 0 Å². The van der Waals surface area contributed by atoms with E-state index in [1.54, 1.807) is 29.9 Å². The van der Waals surface area contributed by atoms with Gasteiger partial charge < -0.3 is 14.2 Å². The topological polar surface area (TPSA) is 37.7 Å². The molecule has 2 aliphatic heterocycles. The third kappa shape index (κ3) is 3.21. The normalized spacial score (nSPS) is 19.3. The van der Waals surface area contributed by atoms with E-state index in [1.807, 2.05) is 23.1 Å². The monoisotopic (exact) mass is 403 g/mol. The SMILES string of the molecule is COc1ccccc1C(=O)N1CCC2(CC1)c1ccc(C(C)(F)F)n1CCN2C. The molecular formula is C22H27F2N3O2. The van der Waals surface area contributed by atoms with Gasteiger partial charge in [0.05, 0.1) is 23.9 Å². The molecule has 0 N–H and O–H groups in total. The zero-order valence-corrected chi connectivity index (χ0v) is 17.1. The van der Waals surface area contributed by atoms with Gasteiger partial charge in [-0.3, -0.25) is 9.69 Å². The van der Waals surface area contributed by atoms with E-state index in [-0.39, 0.29) is 17.1 Å². The molecule has 2 aliphatic rings. The number of benzene rings is 1. The van der Waals surface area contributed by atoms with Gasteiger partial charge in [0, 0.05) is 38.8 Å². The molecule has 3 heterocycles. The fraction of sp³-hybridized carbons (Fsp3) is 0.500. The van der Waals surface area contributed by atoms with Gasteiger partial charge in [-0.25, -0.2) is 8.78 Å². The molecule has 29 heavy (non-hydrogen) atoms. The number of fused-ring (bicyclic) bond motifs is 2. The van der Waals surface area contributed by atoms with Crippen molar-refractivity contribution in [1.29, 1.82) is 0 Å². The molecular weight excluding hydrogens is 376 g/mol. The number of nitrogens with zero attached hydrogens (tertiary/aromatic N) is 3. The molecule has 1 spiro atoms. The Bertz CT molecular complexity index is 911. The van der Waals surface area contributed by atoms with Crippen LogP contribution in [0, 0.1) is 0 Å². The molecule has 7 heteroatoms. The van der Waals surface area contributed by atoms with Gasteiger partial charge in [0.2, 0.25) is 0 Å². The van der Waals surface area contributed by atoms with Crippen molar-refractivity contribution in [2.75, 3.05) is 33.8 Å². The van der Waals surface area contributed by atoms with Crippen LogP contribution in [0.5, 0.6) is 5.75 Å². The number of para-hydroxylation sites is 1. The average Bonchev–Trinajstić information content (AvgIpc) is 3.16. The fourth-order valence-corrected chi connectivity index (χ4v) is 4.87. The fourth-order valence-electron chi connectivity index (χ4n) is 4.87. The summed E-state index contributed by atoms with van der Waals surface area (Å²) in [6.07, 6.45) is 1.42. The standard InChI is InChI=1S/C22H27F2N3O2/c1-21(23,24)18-8-9-19-22(25(2)14-15-27(18)19)10-12-26(13-11-22)20(28)16-6-4-5-7-17(16)29-3/h4-9H,10-15H2,1-3H3. The lowest BCUT2D eigenvalue weighted by Crippen LogP contribution is -2.56. The Labute approximate surface area is 169 Å². The summed E-state index contributed by atoms with van der Waals surface area (Å²) in [5, 5.41) is 0. The van der Waals surface area contributed by atoms with Crippen molar-refractivity contribution in [3.8, 4) is 5.75 Å². The molecule has 5 nitrogen and oxygen atoms in total. The number of rotatable bonds is 3. The quantitative estimate of drug-likeness (QED) is 0.785. The molecule has 0 bridgehead atoms. The summed E-state index contributed by atoms with van der Waals surface area (Å²) in [5.74, 6) is -2.35. The Morgan fingerprint density at radius 2 is 1.76 bits per heavy atom. The number of halogens is 2. The first kappa shape index (κ1) is 19.9. The summed E-state index contributed by atoms with van der Waals surface area (Å²) in [7, 11) is 3.61. The first-order valence-electron chi connectivity index (χ1n) is 10.00. The average molecular weight is 403 g/mol. The molecule has 2 aromatic rings. The molecule has 4 rings (SSSR count). The van der Waals surface area contributed by atoms with Crippen molar-refractivity contribution in [3.05, 3.63) is 53.3 Å². The maximum atomic E-state index is 14.1. The summed E-state index contributed by atoms with van der Waals surface area (Å²) < 4.78 is 35.2. The number of alkyl halides is 2. The Balaban J connectivity index is 1.59. The maximum absolute atomic E-state index is 14.1. The van der Waals surface area contributed by atoms with E-state index in [2.05, 4.69) is 11.9 Å². The molecule has 1 saturated heterocycles. The van der Waals surface area contributed by atoms with Gasteiger partial charge in [0.15, 0.2) is 0 Å². The lowest BCUT2D eigenvalue weighted by atomic mass is 9.81. The van der Waals surface area contributed by atoms with Gasteiger partial charge in [-0.1, -0.05) is 12.1 Å². The zero-order chi connectivity index (χ0) is 20.8. The Kier molecular flexibility index (Phi) is 4.89. The number of hydrogen-bond donors (Lipinski definition) is 0. The van der Waals surface area contributed by atoms with Crippen LogP contribution in [0.25, 0.3) is 0 Å². The van der Waals surface area contributed by atoms with E-state index in [0.717, 1.165) is 12.6 Å². The number of amides is 1. The van der Waals surface area contributed by atoms with E-state index in [4.69, 9.17) is 4.74 Å². The highest BCUT2D eigenvalue weighted by Gasteiger charge is 2.46. The molecule has 1 aromatic heterocycles. The molecule has 0 unspecified atom stereocenters. The number of piperidine rings is 1. The number of aromatic nitrogens is 1. The van der Waals surface area contributed by atoms with E-state index in [0.29, 0.717) is 50.3 Å². The first-order chi connectivity index (χ1) is 13.8. The second-order valence-electron chi connectivity index (χ2n) is 8.09. The van der Waals surface area contributed by atoms with Gasteiger partial charge in [-0.05, 0) is 44.2 Å². The second kappa shape index (κ2) is 7.13. The zero-order valence-electron chi connectivity index (χ0n) is 17.1. The minimum atomic E-state index is -2.87. The highest BCUT2D eigenvalue weighted by Crippen LogP contribution is 2.43. The van der Waals surface area contributed by atoms with E-state index in [1.165, 1.54) is 0 Å². The highest BCUT2D eigenvalue weighted by molar-refractivity contribution is 5.97. The van der Waals surface area contributed by atoms with Crippen LogP contribution in [0.4, 0.5) is 8.78 Å². The summed E-state index contributed by atoms with van der Waals surface area (Å²) in [5.41, 5.74) is 1.25. The Morgan fingerprint density at radius 1 is 1.07 bits per heavy atom. The number of methoxy groups -OCH3 is 1. The molecule has 1 aromatic carbocycles. The second-order valence-corrected chi connectivity index (χ2v) is 8.09. The van der Waals surface area contributed by atoms with Gasteiger partial charge in [0.1, 0.15) is 5.75 Å². The smallest absolute Gasteiger partial charge is 0.285 e. The molecule has 1 amide bonds. The van der Waals surface area contributed by atoms with Crippen molar-refractivity contribution < 1.29 is 18.3 Å². The van der Waals surface area contributed by atoms with Crippen molar-refractivity contribution in [3.63, 3.8) is 0 Å². The highest BCUT2D eigenvalue weighted by atomic mass is 19.3. The van der Waals surface area contributed by atoms with Crippen molar-refractivity contribution in [2.45, 2.75) is 37.8 Å². The summed E-state index contributed by atoms with van der Waals surface area (Å²) >= 11 is 0. The molecule has 156 valence electrons. The van der Waals surface area contributed by atoms with Crippen molar-refractivity contribution >= 4 is 5.91 Å². The molecule has 0 aliphatic carbocycles. The third-order valence-electron chi connectivity index (χ3n) is 6.51. The minimum Gasteiger partial charge on any atom is -0.496 e. The van der Waals surface area contributed by atoms with Crippen LogP contribution in [0.15, 0.2) is 36.4 Å². The van der Waals surface area contributed by atoms with E-state index in [9.17, 15) is 13.6 Å². The molecule has 0 atom stereocenters. The molecule has 0 saturated carbocycles. The van der Waals surface area contributed by atoms with Gasteiger partial charge in [-0.15, -0.1) is 0 Å². The largest absolute Gasteiger partial charge is 0.496 e. The lowest BCUT2D eigenvalue weighted by molar-refractivity contribution is -0.00704. The number of likely N-dealkylation sites (tertiary alicyclic amines) is 1. The number of carbonyl (C=O) groups is 1. The van der Waals surface area contributed by atoms with E-state index < -0.39 is 5.92 Å². The first-order valence-corrected chi connectivity index (χ1v) is 10.00. The maximum Gasteiger partial charge on any atom is 0.285 e. The van der Waals surface area contributed by atoms with E-state index >= 15 is 0 Å². The molecule has 0 radical (unpaired) electrons. The lowest BCUT2D eigenvalue weighted by Gasteiger charge is -2.50. The Hall–Kier alpha value is -2.41. The number of ether oxygens (including phenoxy) is 1. The van der Waals surface area contributed by atoms with Crippen LogP contribution in [0.1, 0.15) is 41.5 Å². The van der Waals surface area contributed by atoms with Crippen LogP contribution in [-0.2, 0) is 18.0 Å². The van der Waals surface area contributed by atoms with Crippen molar-refractivity contribution in [1.82, 2.24) is 14.4 Å². The third-order valence-corrected chi connectivity index (χ3v) is 6.51. The predicted octanol–water partition coefficient (Wildman–Crippen LogP) is 3.69. The van der Waals surface area contributed by atoms with Crippen LogP contribution < -0.4 is 4.74 Å². The summed E-state index contributed by atoms with van der Waals surface area (Å²) in [4.78, 5) is 17.2. The van der Waals surface area contributed by atoms with Gasteiger partial charge >= 0.3 is 0 Å². The van der Waals surface area contributed by atoms with Crippen LogP contribution in [0.2, 0.25) is 0 Å². The predicted molar refractivity (Wildman–Crippen MR) is 106 cm³/mol. The van der Waals surface area contributed by atoms with Crippen molar-refractivity contribution in [2.24, 2.45) is 0 Å². The number of hydrogen-bond acceptors (Lipinski definition) is 3. The van der Waals surface area contributed by atoms with Crippen LogP contribution in [0.3, 0.4) is 0 Å². The summed E-state index contributed by atoms with van der Waals surface area (Å²) in [6, 6.07) is 10.6. The van der Waals surface area contributed by atoms with Gasteiger partial charge in [0.25, 0.3) is 11.8 Å².